The lowest BCUT2D eigenvalue weighted by atomic mass is 9.90. The second-order valence-corrected chi connectivity index (χ2v) is 5.35. The molecule has 1 rings (SSSR count). The molecule has 3 atom stereocenters. The van der Waals surface area contributed by atoms with Crippen molar-refractivity contribution >= 4 is 17.8 Å². The molecule has 23 heavy (non-hydrogen) atoms. The molecule has 1 aliphatic rings. The lowest BCUT2D eigenvalue weighted by Crippen LogP contribution is -2.53. The van der Waals surface area contributed by atoms with Crippen molar-refractivity contribution in [3.05, 3.63) is 11.6 Å². The fourth-order valence-electron chi connectivity index (χ4n) is 2.12. The molecule has 1 aliphatic carbocycles. The van der Waals surface area contributed by atoms with Gasteiger partial charge in [0.15, 0.2) is 0 Å². The molecule has 0 aromatic carbocycles. The van der Waals surface area contributed by atoms with Gasteiger partial charge in [-0.1, -0.05) is 13.0 Å². The van der Waals surface area contributed by atoms with Gasteiger partial charge in [0.2, 0.25) is 11.8 Å². The van der Waals surface area contributed by atoms with Gasteiger partial charge in [-0.15, -0.1) is 0 Å². The van der Waals surface area contributed by atoms with E-state index in [0.717, 1.165) is 6.42 Å². The van der Waals surface area contributed by atoms with Crippen LogP contribution in [0.1, 0.15) is 26.2 Å². The first-order chi connectivity index (χ1) is 10.8. The van der Waals surface area contributed by atoms with E-state index in [-0.39, 0.29) is 25.0 Å². The number of aliphatic hydroxyl groups is 2. The summed E-state index contributed by atoms with van der Waals surface area (Å²) in [6.07, 6.45) is -0.253. The molecule has 130 valence electrons. The molecular formula is C14H24N4O5. The Morgan fingerprint density at radius 3 is 2.57 bits per heavy atom. The van der Waals surface area contributed by atoms with Gasteiger partial charge in [-0.3, -0.25) is 9.59 Å². The first-order valence-corrected chi connectivity index (χ1v) is 7.52. The number of amides is 4. The molecule has 0 saturated heterocycles. The normalized spacial score (nSPS) is 23.6. The zero-order chi connectivity index (χ0) is 17.4. The second-order valence-electron chi connectivity index (χ2n) is 5.35. The maximum atomic E-state index is 12.0. The summed E-state index contributed by atoms with van der Waals surface area (Å²) in [5, 5.41) is 27.4. The van der Waals surface area contributed by atoms with E-state index < -0.39 is 36.1 Å². The van der Waals surface area contributed by atoms with Crippen LogP contribution in [0, 0.1) is 0 Å². The molecule has 0 aliphatic heterocycles. The Bertz CT molecular complexity index is 480. The van der Waals surface area contributed by atoms with Crippen molar-refractivity contribution in [1.29, 1.82) is 0 Å². The highest BCUT2D eigenvalue weighted by Gasteiger charge is 2.33. The van der Waals surface area contributed by atoms with Gasteiger partial charge in [0.05, 0.1) is 12.1 Å². The topological polar surface area (TPSA) is 154 Å². The number of hydrogen-bond donors (Lipinski definition) is 6. The van der Waals surface area contributed by atoms with Gasteiger partial charge in [-0.05, 0) is 6.42 Å². The first kappa shape index (κ1) is 18.9. The molecule has 0 fully saturated rings. The number of aliphatic hydroxyl groups excluding tert-OH is 2. The molecule has 0 bridgehead atoms. The van der Waals surface area contributed by atoms with Crippen LogP contribution in [0.15, 0.2) is 11.6 Å². The van der Waals surface area contributed by atoms with Crippen LogP contribution in [0.2, 0.25) is 0 Å². The van der Waals surface area contributed by atoms with E-state index in [0.29, 0.717) is 6.54 Å². The van der Waals surface area contributed by atoms with Crippen LogP contribution < -0.4 is 21.7 Å². The van der Waals surface area contributed by atoms with Crippen LogP contribution >= 0.6 is 0 Å². The Kier molecular flexibility index (Phi) is 7.49. The monoisotopic (exact) mass is 328 g/mol. The van der Waals surface area contributed by atoms with E-state index in [1.54, 1.807) is 0 Å². The number of carbonyl (C=O) groups is 3. The van der Waals surface area contributed by atoms with Crippen LogP contribution in [0.5, 0.6) is 0 Å². The van der Waals surface area contributed by atoms with Gasteiger partial charge in [0.1, 0.15) is 6.10 Å². The summed E-state index contributed by atoms with van der Waals surface area (Å²) in [5.74, 6) is -1.01. The SMILES string of the molecule is CCCNC(=O)N[C@@H]1C=C(C(=O)NCCC(N)=O)C[C@@H](O)[C@@H]1O. The van der Waals surface area contributed by atoms with E-state index in [9.17, 15) is 24.6 Å². The molecule has 7 N–H and O–H groups in total. The maximum Gasteiger partial charge on any atom is 0.315 e. The molecule has 0 aromatic heterocycles. The molecule has 0 spiro atoms. The van der Waals surface area contributed by atoms with Crippen molar-refractivity contribution in [3.63, 3.8) is 0 Å². The maximum absolute atomic E-state index is 12.0. The minimum atomic E-state index is -1.20. The summed E-state index contributed by atoms with van der Waals surface area (Å²) in [5.41, 5.74) is 5.21. The largest absolute Gasteiger partial charge is 0.390 e. The van der Waals surface area contributed by atoms with Gasteiger partial charge in [0.25, 0.3) is 0 Å². The summed E-state index contributed by atoms with van der Waals surface area (Å²) in [6.45, 7) is 2.45. The third-order valence-electron chi connectivity index (χ3n) is 3.35. The van der Waals surface area contributed by atoms with Gasteiger partial charge < -0.3 is 31.9 Å². The number of nitrogens with two attached hydrogens (primary N) is 1. The van der Waals surface area contributed by atoms with Crippen molar-refractivity contribution in [2.75, 3.05) is 13.1 Å². The minimum absolute atomic E-state index is 0.00526. The Morgan fingerprint density at radius 1 is 1.26 bits per heavy atom. The minimum Gasteiger partial charge on any atom is -0.390 e. The van der Waals surface area contributed by atoms with E-state index in [4.69, 9.17) is 5.73 Å². The van der Waals surface area contributed by atoms with E-state index >= 15 is 0 Å². The van der Waals surface area contributed by atoms with Crippen molar-refractivity contribution in [2.45, 2.75) is 44.4 Å². The quantitative estimate of drug-likeness (QED) is 0.322. The molecule has 9 nitrogen and oxygen atoms in total. The molecule has 9 heteroatoms. The van der Waals surface area contributed by atoms with Crippen molar-refractivity contribution in [1.82, 2.24) is 16.0 Å². The molecule has 0 heterocycles. The van der Waals surface area contributed by atoms with Crippen LogP contribution in [-0.4, -0.2) is 59.4 Å². The molecule has 0 unspecified atom stereocenters. The predicted molar refractivity (Wildman–Crippen MR) is 82.1 cm³/mol. The first-order valence-electron chi connectivity index (χ1n) is 7.52. The highest BCUT2D eigenvalue weighted by Crippen LogP contribution is 2.19. The summed E-state index contributed by atoms with van der Waals surface area (Å²) in [7, 11) is 0. The van der Waals surface area contributed by atoms with Crippen LogP contribution in [0.4, 0.5) is 4.79 Å². The third-order valence-corrected chi connectivity index (χ3v) is 3.35. The van der Waals surface area contributed by atoms with Crippen LogP contribution in [-0.2, 0) is 9.59 Å². The highest BCUT2D eigenvalue weighted by atomic mass is 16.3. The van der Waals surface area contributed by atoms with Crippen LogP contribution in [0.25, 0.3) is 0 Å². The fraction of sp³-hybridized carbons (Fsp3) is 0.643. The predicted octanol–water partition coefficient (Wildman–Crippen LogP) is -1.89. The number of nitrogens with one attached hydrogen (secondary N) is 3. The second kappa shape index (κ2) is 9.11. The standard InChI is InChI=1S/C14H24N4O5/c1-2-4-17-14(23)18-9-6-8(7-10(19)12(9)21)13(22)16-5-3-11(15)20/h6,9-10,12,19,21H,2-5,7H2,1H3,(H2,15,20)(H,16,22)(H2,17,18,23)/t9-,10-,12-/m1/s1. The lowest BCUT2D eigenvalue weighted by molar-refractivity contribution is -0.119. The Morgan fingerprint density at radius 2 is 1.96 bits per heavy atom. The number of primary amides is 1. The van der Waals surface area contributed by atoms with Crippen molar-refractivity contribution in [2.24, 2.45) is 5.73 Å². The van der Waals surface area contributed by atoms with E-state index in [1.807, 2.05) is 6.92 Å². The molecule has 0 aromatic rings. The average Bonchev–Trinajstić information content (AvgIpc) is 2.49. The van der Waals surface area contributed by atoms with Gasteiger partial charge in [-0.25, -0.2) is 4.79 Å². The smallest absolute Gasteiger partial charge is 0.315 e. The Labute approximate surface area is 134 Å². The highest BCUT2D eigenvalue weighted by molar-refractivity contribution is 5.94. The Balaban J connectivity index is 2.67. The van der Waals surface area contributed by atoms with Gasteiger partial charge >= 0.3 is 6.03 Å². The van der Waals surface area contributed by atoms with Crippen LogP contribution in [0.3, 0.4) is 0 Å². The van der Waals surface area contributed by atoms with E-state index in [2.05, 4.69) is 16.0 Å². The molecule has 4 amide bonds. The zero-order valence-corrected chi connectivity index (χ0v) is 13.0. The summed E-state index contributed by atoms with van der Waals surface area (Å²) in [4.78, 5) is 34.3. The summed E-state index contributed by atoms with van der Waals surface area (Å²) >= 11 is 0. The lowest BCUT2D eigenvalue weighted by Gasteiger charge is -2.31. The number of rotatable bonds is 7. The number of carbonyl (C=O) groups excluding carboxylic acids is 3. The average molecular weight is 328 g/mol. The van der Waals surface area contributed by atoms with Gasteiger partial charge in [-0.2, -0.15) is 0 Å². The van der Waals surface area contributed by atoms with Crippen molar-refractivity contribution in [3.8, 4) is 0 Å². The Hall–Kier alpha value is -2.13. The summed E-state index contributed by atoms with van der Waals surface area (Å²) in [6, 6.07) is -1.37. The third kappa shape index (κ3) is 6.25. The van der Waals surface area contributed by atoms with Gasteiger partial charge in [0, 0.05) is 31.5 Å². The molecule has 0 radical (unpaired) electrons. The van der Waals surface area contributed by atoms with Crippen molar-refractivity contribution < 1.29 is 24.6 Å². The zero-order valence-electron chi connectivity index (χ0n) is 13.0. The molecular weight excluding hydrogens is 304 g/mol. The van der Waals surface area contributed by atoms with E-state index in [1.165, 1.54) is 6.08 Å². The fourth-order valence-corrected chi connectivity index (χ4v) is 2.12. The number of hydrogen-bond acceptors (Lipinski definition) is 5. The number of urea groups is 1. The molecule has 0 saturated carbocycles. The summed E-state index contributed by atoms with van der Waals surface area (Å²) < 4.78 is 0.